The zero-order valence-corrected chi connectivity index (χ0v) is 9.58. The van der Waals surface area contributed by atoms with Crippen molar-refractivity contribution in [2.45, 2.75) is 51.2 Å². The molecule has 0 aromatic rings. The van der Waals surface area contributed by atoms with Crippen LogP contribution in [0.2, 0.25) is 0 Å². The minimum atomic E-state index is -0.212. The van der Waals surface area contributed by atoms with E-state index in [1.807, 2.05) is 13.8 Å². The molecule has 0 aliphatic carbocycles. The number of amides is 1. The average molecular weight is 215 g/mol. The largest absolute Gasteiger partial charge is 0.396 e. The monoisotopic (exact) mass is 215 g/mol. The molecule has 0 aromatic heterocycles. The summed E-state index contributed by atoms with van der Waals surface area (Å²) in [6.45, 7) is 4.88. The summed E-state index contributed by atoms with van der Waals surface area (Å²) < 4.78 is 5.44. The first kappa shape index (κ1) is 12.5. The van der Waals surface area contributed by atoms with E-state index in [0.29, 0.717) is 19.4 Å². The van der Waals surface area contributed by atoms with Crippen molar-refractivity contribution in [3.63, 3.8) is 0 Å². The molecular formula is C11H21NO3. The van der Waals surface area contributed by atoms with Crippen LogP contribution in [0.25, 0.3) is 0 Å². The van der Waals surface area contributed by atoms with Gasteiger partial charge in [0.1, 0.15) is 0 Å². The van der Waals surface area contributed by atoms with Gasteiger partial charge in [0.25, 0.3) is 0 Å². The summed E-state index contributed by atoms with van der Waals surface area (Å²) in [7, 11) is 0. The van der Waals surface area contributed by atoms with Crippen molar-refractivity contribution >= 4 is 5.91 Å². The summed E-state index contributed by atoms with van der Waals surface area (Å²) in [6, 6.07) is 0. The lowest BCUT2D eigenvalue weighted by Crippen LogP contribution is -2.50. The van der Waals surface area contributed by atoms with Gasteiger partial charge in [-0.1, -0.05) is 0 Å². The molecule has 0 radical (unpaired) electrons. The summed E-state index contributed by atoms with van der Waals surface area (Å²) in [6.07, 6.45) is 2.88. The number of ether oxygens (including phenoxy) is 1. The third-order valence-electron chi connectivity index (χ3n) is 3.12. The van der Waals surface area contributed by atoms with Crippen molar-refractivity contribution in [3.05, 3.63) is 0 Å². The van der Waals surface area contributed by atoms with Gasteiger partial charge in [-0.15, -0.1) is 0 Å². The molecule has 2 atom stereocenters. The molecule has 88 valence electrons. The molecule has 0 bridgehead atoms. The summed E-state index contributed by atoms with van der Waals surface area (Å²) in [5, 5.41) is 11.6. The van der Waals surface area contributed by atoms with Gasteiger partial charge in [-0.2, -0.15) is 0 Å². The third kappa shape index (κ3) is 3.47. The Morgan fingerprint density at radius 2 is 2.33 bits per heavy atom. The second kappa shape index (κ2) is 5.47. The fourth-order valence-corrected chi connectivity index (χ4v) is 1.78. The molecule has 2 N–H and O–H groups in total. The third-order valence-corrected chi connectivity index (χ3v) is 3.12. The normalized spacial score (nSPS) is 30.5. The highest BCUT2D eigenvalue weighted by Gasteiger charge is 2.37. The fraction of sp³-hybridized carbons (Fsp3) is 0.909. The van der Waals surface area contributed by atoms with Crippen LogP contribution in [0.5, 0.6) is 0 Å². The SMILES string of the molecule is CC1OCCC1(C)NC(=O)CCCCO. The summed E-state index contributed by atoms with van der Waals surface area (Å²) in [5.41, 5.74) is -0.212. The Hall–Kier alpha value is -0.610. The molecule has 1 aliphatic heterocycles. The zero-order chi connectivity index (χ0) is 11.3. The molecule has 1 amide bonds. The number of nitrogens with one attached hydrogen (secondary N) is 1. The van der Waals surface area contributed by atoms with E-state index < -0.39 is 0 Å². The molecule has 2 unspecified atom stereocenters. The van der Waals surface area contributed by atoms with Crippen LogP contribution < -0.4 is 5.32 Å². The predicted octanol–water partition coefficient (Wildman–Crippen LogP) is 0.833. The van der Waals surface area contributed by atoms with Crippen molar-refractivity contribution < 1.29 is 14.6 Å². The fourth-order valence-electron chi connectivity index (χ4n) is 1.78. The van der Waals surface area contributed by atoms with Crippen LogP contribution in [0.3, 0.4) is 0 Å². The molecule has 4 nitrogen and oxygen atoms in total. The Labute approximate surface area is 91.0 Å². The van der Waals surface area contributed by atoms with Gasteiger partial charge in [0.2, 0.25) is 5.91 Å². The Bertz CT molecular complexity index is 220. The van der Waals surface area contributed by atoms with E-state index in [0.717, 1.165) is 12.8 Å². The van der Waals surface area contributed by atoms with Crippen molar-refractivity contribution in [3.8, 4) is 0 Å². The van der Waals surface area contributed by atoms with Crippen LogP contribution in [-0.2, 0) is 9.53 Å². The molecule has 0 saturated carbocycles. The lowest BCUT2D eigenvalue weighted by Gasteiger charge is -2.28. The van der Waals surface area contributed by atoms with Gasteiger partial charge in [-0.3, -0.25) is 4.79 Å². The highest BCUT2D eigenvalue weighted by Crippen LogP contribution is 2.25. The minimum Gasteiger partial charge on any atom is -0.396 e. The van der Waals surface area contributed by atoms with Gasteiger partial charge >= 0.3 is 0 Å². The zero-order valence-electron chi connectivity index (χ0n) is 9.58. The first-order valence-electron chi connectivity index (χ1n) is 5.62. The molecule has 1 saturated heterocycles. The van der Waals surface area contributed by atoms with E-state index in [1.54, 1.807) is 0 Å². The van der Waals surface area contributed by atoms with Gasteiger partial charge in [-0.05, 0) is 33.1 Å². The van der Waals surface area contributed by atoms with E-state index in [-0.39, 0.29) is 24.2 Å². The smallest absolute Gasteiger partial charge is 0.220 e. The molecule has 4 heteroatoms. The van der Waals surface area contributed by atoms with Crippen LogP contribution in [0, 0.1) is 0 Å². The topological polar surface area (TPSA) is 58.6 Å². The minimum absolute atomic E-state index is 0.0586. The van der Waals surface area contributed by atoms with E-state index >= 15 is 0 Å². The Morgan fingerprint density at radius 3 is 2.87 bits per heavy atom. The highest BCUT2D eigenvalue weighted by atomic mass is 16.5. The predicted molar refractivity (Wildman–Crippen MR) is 57.5 cm³/mol. The number of hydrogen-bond acceptors (Lipinski definition) is 3. The first-order chi connectivity index (χ1) is 7.08. The van der Waals surface area contributed by atoms with E-state index in [2.05, 4.69) is 5.32 Å². The highest BCUT2D eigenvalue weighted by molar-refractivity contribution is 5.76. The van der Waals surface area contributed by atoms with Gasteiger partial charge in [-0.25, -0.2) is 0 Å². The Balaban J connectivity index is 2.30. The van der Waals surface area contributed by atoms with Crippen molar-refractivity contribution in [2.75, 3.05) is 13.2 Å². The van der Waals surface area contributed by atoms with Gasteiger partial charge < -0.3 is 15.2 Å². The number of aliphatic hydroxyl groups excluding tert-OH is 1. The Kier molecular flexibility index (Phi) is 4.54. The van der Waals surface area contributed by atoms with Crippen molar-refractivity contribution in [1.82, 2.24) is 5.32 Å². The van der Waals surface area contributed by atoms with E-state index in [9.17, 15) is 4.79 Å². The molecule has 15 heavy (non-hydrogen) atoms. The summed E-state index contributed by atoms with van der Waals surface area (Å²) in [4.78, 5) is 11.6. The standard InChI is InChI=1S/C11H21NO3/c1-9-11(2,6-8-15-9)12-10(14)5-3-4-7-13/h9,13H,3-8H2,1-2H3,(H,12,14). The van der Waals surface area contributed by atoms with Gasteiger partial charge in [0.15, 0.2) is 0 Å². The Morgan fingerprint density at radius 1 is 1.60 bits per heavy atom. The summed E-state index contributed by atoms with van der Waals surface area (Å²) >= 11 is 0. The van der Waals surface area contributed by atoms with Gasteiger partial charge in [0.05, 0.1) is 11.6 Å². The second-order valence-electron chi connectivity index (χ2n) is 4.41. The molecule has 1 heterocycles. The second-order valence-corrected chi connectivity index (χ2v) is 4.41. The van der Waals surface area contributed by atoms with Gasteiger partial charge in [0, 0.05) is 19.6 Å². The van der Waals surface area contributed by atoms with Crippen LogP contribution in [-0.4, -0.2) is 35.9 Å². The number of hydrogen-bond donors (Lipinski definition) is 2. The lowest BCUT2D eigenvalue weighted by atomic mass is 9.94. The average Bonchev–Trinajstić information content (AvgIpc) is 2.47. The maximum absolute atomic E-state index is 11.6. The van der Waals surface area contributed by atoms with Crippen molar-refractivity contribution in [1.29, 1.82) is 0 Å². The quantitative estimate of drug-likeness (QED) is 0.668. The molecular weight excluding hydrogens is 194 g/mol. The number of unbranched alkanes of at least 4 members (excludes halogenated alkanes) is 1. The van der Waals surface area contributed by atoms with Crippen molar-refractivity contribution in [2.24, 2.45) is 0 Å². The van der Waals surface area contributed by atoms with Crippen LogP contribution in [0.15, 0.2) is 0 Å². The molecule has 1 fully saturated rings. The molecule has 1 aliphatic rings. The molecule has 1 rings (SSSR count). The number of carbonyl (C=O) groups excluding carboxylic acids is 1. The van der Waals surface area contributed by atoms with Crippen LogP contribution in [0.1, 0.15) is 39.5 Å². The molecule has 0 spiro atoms. The number of aliphatic hydroxyl groups is 1. The van der Waals surface area contributed by atoms with Crippen LogP contribution >= 0.6 is 0 Å². The lowest BCUT2D eigenvalue weighted by molar-refractivity contribution is -0.123. The first-order valence-corrected chi connectivity index (χ1v) is 5.62. The summed E-state index contributed by atoms with van der Waals surface area (Å²) in [5.74, 6) is 0.0586. The van der Waals surface area contributed by atoms with E-state index in [4.69, 9.17) is 9.84 Å². The number of rotatable bonds is 5. The number of carbonyl (C=O) groups is 1. The van der Waals surface area contributed by atoms with Crippen LogP contribution in [0.4, 0.5) is 0 Å². The maximum atomic E-state index is 11.6. The van der Waals surface area contributed by atoms with E-state index in [1.165, 1.54) is 0 Å². The maximum Gasteiger partial charge on any atom is 0.220 e. The molecule has 0 aromatic carbocycles.